The first kappa shape index (κ1) is 23.5. The Balaban J connectivity index is 1.11. The molecule has 3 aliphatic carbocycles. The first-order valence-electron chi connectivity index (χ1n) is 13.9. The Labute approximate surface area is 214 Å². The molecule has 1 saturated heterocycles. The normalized spacial score (nSPS) is 25.2. The minimum absolute atomic E-state index is 0.260. The number of aromatic nitrogens is 2. The summed E-state index contributed by atoms with van der Waals surface area (Å²) in [5.41, 5.74) is 2.51. The van der Waals surface area contributed by atoms with Crippen molar-refractivity contribution in [1.29, 1.82) is 0 Å². The van der Waals surface area contributed by atoms with E-state index < -0.39 is 0 Å². The van der Waals surface area contributed by atoms with Gasteiger partial charge < -0.3 is 9.88 Å². The molecule has 0 spiro atoms. The van der Waals surface area contributed by atoms with Crippen molar-refractivity contribution in [1.82, 2.24) is 14.9 Å². The van der Waals surface area contributed by atoms with Crippen molar-refractivity contribution in [3.8, 4) is 0 Å². The zero-order chi connectivity index (χ0) is 24.5. The minimum Gasteiger partial charge on any atom is -0.368 e. The van der Waals surface area contributed by atoms with Crippen molar-refractivity contribution in [3.63, 3.8) is 0 Å². The molecule has 1 amide bonds. The molecule has 4 fully saturated rings. The molecule has 3 heterocycles. The Hall–Kier alpha value is -2.86. The molecule has 1 aromatic carbocycles. The van der Waals surface area contributed by atoms with Crippen molar-refractivity contribution in [2.45, 2.75) is 51.5 Å². The van der Waals surface area contributed by atoms with Crippen LogP contribution in [0.1, 0.15) is 45.4 Å². The first-order valence-corrected chi connectivity index (χ1v) is 13.9. The van der Waals surface area contributed by atoms with Gasteiger partial charge in [-0.1, -0.05) is 25.0 Å². The second-order valence-electron chi connectivity index (χ2n) is 11.3. The highest BCUT2D eigenvalue weighted by atomic mass is 16.2. The first-order chi connectivity index (χ1) is 17.7. The largest absolute Gasteiger partial charge is 0.368 e. The lowest BCUT2D eigenvalue weighted by Gasteiger charge is -2.43. The number of hydrogen-bond acceptors (Lipinski definition) is 4. The maximum absolute atomic E-state index is 13.7. The van der Waals surface area contributed by atoms with Gasteiger partial charge in [-0.2, -0.15) is 0 Å². The quantitative estimate of drug-likeness (QED) is 0.492. The summed E-state index contributed by atoms with van der Waals surface area (Å²) in [6.07, 6.45) is 11.2. The lowest BCUT2D eigenvalue weighted by atomic mass is 9.64. The van der Waals surface area contributed by atoms with Crippen LogP contribution in [0.2, 0.25) is 0 Å². The van der Waals surface area contributed by atoms with Crippen LogP contribution in [-0.2, 0) is 4.79 Å². The maximum atomic E-state index is 13.7. The zero-order valence-corrected chi connectivity index (χ0v) is 21.5. The molecule has 36 heavy (non-hydrogen) atoms. The van der Waals surface area contributed by atoms with Gasteiger partial charge in [0.1, 0.15) is 5.82 Å². The predicted molar refractivity (Wildman–Crippen MR) is 146 cm³/mol. The highest BCUT2D eigenvalue weighted by molar-refractivity contribution is 5.93. The van der Waals surface area contributed by atoms with Crippen LogP contribution in [0.3, 0.4) is 0 Å². The highest BCUT2D eigenvalue weighted by Crippen LogP contribution is 2.46. The van der Waals surface area contributed by atoms with Gasteiger partial charge in [-0.3, -0.25) is 14.6 Å². The number of carbonyl (C=O) groups excluding carboxylic acids is 1. The standard InChI is InChI=1S/C30H39N5O/c1-22(33-15-17-34(18-16-33)28-6-4-5-27-26(28)12-14-31-27)21-35(29-7-2-3-13-32-29)30(36)20-25-19-23-8-10-24(25)11-9-23/h2-7,12-14,22-25,31H,8-11,15-21H2,1H3/t22-,23?,24?,25+/m1/s1. The van der Waals surface area contributed by atoms with Gasteiger partial charge in [0, 0.05) is 74.2 Å². The molecule has 2 aromatic heterocycles. The van der Waals surface area contributed by atoms with Gasteiger partial charge in [0.2, 0.25) is 5.91 Å². The third-order valence-electron chi connectivity index (χ3n) is 9.15. The van der Waals surface area contributed by atoms with Crippen molar-refractivity contribution in [2.75, 3.05) is 42.5 Å². The van der Waals surface area contributed by atoms with Crippen LogP contribution in [0.25, 0.3) is 10.9 Å². The van der Waals surface area contributed by atoms with Crippen molar-refractivity contribution in [2.24, 2.45) is 17.8 Å². The molecule has 0 radical (unpaired) electrons. The summed E-state index contributed by atoms with van der Waals surface area (Å²) in [5, 5.41) is 1.29. The summed E-state index contributed by atoms with van der Waals surface area (Å²) >= 11 is 0. The second-order valence-corrected chi connectivity index (χ2v) is 11.3. The number of carbonyl (C=O) groups is 1. The number of pyridine rings is 1. The Morgan fingerprint density at radius 3 is 2.61 bits per heavy atom. The van der Waals surface area contributed by atoms with Gasteiger partial charge >= 0.3 is 0 Å². The Kier molecular flexibility index (Phi) is 6.70. The van der Waals surface area contributed by atoms with Crippen molar-refractivity contribution < 1.29 is 4.79 Å². The number of H-pyrrole nitrogens is 1. The summed E-state index contributed by atoms with van der Waals surface area (Å²) in [4.78, 5) is 28.6. The van der Waals surface area contributed by atoms with E-state index in [9.17, 15) is 4.79 Å². The minimum atomic E-state index is 0.260. The molecule has 2 atom stereocenters. The number of nitrogens with zero attached hydrogens (tertiary/aromatic N) is 4. The maximum Gasteiger partial charge on any atom is 0.228 e. The molecule has 3 saturated carbocycles. The molecule has 190 valence electrons. The van der Waals surface area contributed by atoms with E-state index in [0.29, 0.717) is 18.9 Å². The van der Waals surface area contributed by atoms with Crippen LogP contribution in [0.15, 0.2) is 54.9 Å². The molecular formula is C30H39N5O. The van der Waals surface area contributed by atoms with E-state index in [1.54, 1.807) is 0 Å². The van der Waals surface area contributed by atoms with Crippen LogP contribution < -0.4 is 9.80 Å². The molecule has 0 unspecified atom stereocenters. The second kappa shape index (κ2) is 10.3. The van der Waals surface area contributed by atoms with Crippen molar-refractivity contribution >= 4 is 28.3 Å². The number of benzene rings is 1. The van der Waals surface area contributed by atoms with Crippen molar-refractivity contribution in [3.05, 3.63) is 54.9 Å². The molecule has 6 heteroatoms. The van der Waals surface area contributed by atoms with Gasteiger partial charge in [0.15, 0.2) is 0 Å². The van der Waals surface area contributed by atoms with Crippen LogP contribution in [0, 0.1) is 17.8 Å². The molecule has 1 aliphatic heterocycles. The third-order valence-corrected chi connectivity index (χ3v) is 9.15. The molecule has 6 nitrogen and oxygen atoms in total. The molecular weight excluding hydrogens is 446 g/mol. The molecule has 2 bridgehead atoms. The van der Waals surface area contributed by atoms with Gasteiger partial charge in [-0.15, -0.1) is 0 Å². The average molecular weight is 486 g/mol. The lowest BCUT2D eigenvalue weighted by Crippen LogP contribution is -2.53. The van der Waals surface area contributed by atoms with E-state index in [1.165, 1.54) is 48.7 Å². The number of anilines is 2. The predicted octanol–water partition coefficient (Wildman–Crippen LogP) is 5.32. The number of aromatic amines is 1. The number of piperazine rings is 1. The number of nitrogens with one attached hydrogen (secondary N) is 1. The third kappa shape index (κ3) is 4.75. The summed E-state index contributed by atoms with van der Waals surface area (Å²) < 4.78 is 0. The van der Waals surface area contributed by atoms with E-state index in [2.05, 4.69) is 51.0 Å². The highest BCUT2D eigenvalue weighted by Gasteiger charge is 2.37. The summed E-state index contributed by atoms with van der Waals surface area (Å²) in [7, 11) is 0. The molecule has 3 aromatic rings. The fourth-order valence-electron chi connectivity index (χ4n) is 7.06. The number of fused-ring (bicyclic) bond motifs is 4. The van der Waals surface area contributed by atoms with E-state index in [0.717, 1.165) is 43.8 Å². The van der Waals surface area contributed by atoms with E-state index in [4.69, 9.17) is 0 Å². The monoisotopic (exact) mass is 485 g/mol. The summed E-state index contributed by atoms with van der Waals surface area (Å²) in [6.45, 7) is 6.96. The van der Waals surface area contributed by atoms with Gasteiger partial charge in [0.25, 0.3) is 0 Å². The van der Waals surface area contributed by atoms with Gasteiger partial charge in [0.05, 0.1) is 0 Å². The van der Waals surface area contributed by atoms with E-state index in [1.807, 2.05) is 35.5 Å². The Morgan fingerprint density at radius 2 is 1.89 bits per heavy atom. The Bertz CT molecular complexity index is 1160. The van der Waals surface area contributed by atoms with Crippen LogP contribution in [0.5, 0.6) is 0 Å². The molecule has 1 N–H and O–H groups in total. The van der Waals surface area contributed by atoms with Crippen LogP contribution in [-0.4, -0.2) is 59.5 Å². The van der Waals surface area contributed by atoms with Gasteiger partial charge in [-0.05, 0) is 74.3 Å². The molecule has 7 rings (SSSR count). The SMILES string of the molecule is C[C@H](CN(C(=O)C[C@@H]1CC2CCC1CC2)c1ccccn1)N1CCN(c2cccc3[nH]ccc23)CC1. The number of hydrogen-bond donors (Lipinski definition) is 1. The summed E-state index contributed by atoms with van der Waals surface area (Å²) in [5.74, 6) is 3.22. The van der Waals surface area contributed by atoms with E-state index >= 15 is 0 Å². The number of amides is 1. The summed E-state index contributed by atoms with van der Waals surface area (Å²) in [6, 6.07) is 14.9. The fourth-order valence-corrected chi connectivity index (χ4v) is 7.06. The lowest BCUT2D eigenvalue weighted by molar-refractivity contribution is -0.121. The smallest absolute Gasteiger partial charge is 0.228 e. The topological polar surface area (TPSA) is 55.5 Å². The number of rotatable bonds is 7. The van der Waals surface area contributed by atoms with Gasteiger partial charge in [-0.25, -0.2) is 4.98 Å². The zero-order valence-electron chi connectivity index (χ0n) is 21.5. The Morgan fingerprint density at radius 1 is 1.06 bits per heavy atom. The van der Waals surface area contributed by atoms with E-state index in [-0.39, 0.29) is 11.9 Å². The molecule has 4 aliphatic rings. The van der Waals surface area contributed by atoms with Crippen LogP contribution >= 0.6 is 0 Å². The van der Waals surface area contributed by atoms with Crippen LogP contribution in [0.4, 0.5) is 11.5 Å². The average Bonchev–Trinajstić information content (AvgIpc) is 3.42. The fraction of sp³-hybridized carbons (Fsp3) is 0.533.